The van der Waals surface area contributed by atoms with E-state index in [0.717, 1.165) is 18.3 Å². The van der Waals surface area contributed by atoms with Gasteiger partial charge in [-0.05, 0) is 40.5 Å². The molecule has 1 aromatic rings. The first-order valence-electron chi connectivity index (χ1n) is 6.96. The topological polar surface area (TPSA) is 40.6 Å². The largest absolute Gasteiger partial charge is 0.498 e. The highest BCUT2D eigenvalue weighted by Crippen LogP contribution is 2.38. The van der Waals surface area contributed by atoms with E-state index in [0.29, 0.717) is 10.8 Å². The summed E-state index contributed by atoms with van der Waals surface area (Å²) in [5, 5.41) is 0.533. The smallest absolute Gasteiger partial charge is 0.487 e. The van der Waals surface area contributed by atoms with Gasteiger partial charge in [-0.2, -0.15) is 0 Å². The summed E-state index contributed by atoms with van der Waals surface area (Å²) in [7, 11) is -0.511. The molecule has 4 nitrogen and oxygen atoms in total. The van der Waals surface area contributed by atoms with E-state index in [-0.39, 0.29) is 6.10 Å². The minimum atomic E-state index is -0.511. The zero-order valence-electron chi connectivity index (χ0n) is 12.3. The first-order valence-corrected chi connectivity index (χ1v) is 7.34. The third kappa shape index (κ3) is 2.43. The quantitative estimate of drug-likeness (QED) is 0.804. The molecule has 2 fully saturated rings. The summed E-state index contributed by atoms with van der Waals surface area (Å²) in [5.74, 6) is 0.612. The highest BCUT2D eigenvalue weighted by Gasteiger charge is 2.52. The van der Waals surface area contributed by atoms with Crippen molar-refractivity contribution in [1.29, 1.82) is 0 Å². The van der Waals surface area contributed by atoms with Gasteiger partial charge in [-0.1, -0.05) is 11.6 Å². The van der Waals surface area contributed by atoms with Gasteiger partial charge >= 0.3 is 7.12 Å². The van der Waals surface area contributed by atoms with Crippen LogP contribution in [0.1, 0.15) is 40.5 Å². The third-order valence-electron chi connectivity index (χ3n) is 4.20. The Bertz CT molecular complexity index is 515. The fourth-order valence-corrected chi connectivity index (χ4v) is 2.25. The Balaban J connectivity index is 1.87. The maximum Gasteiger partial charge on any atom is 0.498 e. The molecular formula is C14H19BClNO3. The molecule has 108 valence electrons. The molecule has 1 aliphatic carbocycles. The van der Waals surface area contributed by atoms with Crippen LogP contribution in [0.3, 0.4) is 0 Å². The van der Waals surface area contributed by atoms with E-state index in [4.69, 9.17) is 25.6 Å². The van der Waals surface area contributed by atoms with Gasteiger partial charge in [-0.25, -0.2) is 0 Å². The summed E-state index contributed by atoms with van der Waals surface area (Å²) < 4.78 is 17.8. The van der Waals surface area contributed by atoms with E-state index in [2.05, 4.69) is 4.98 Å². The van der Waals surface area contributed by atoms with Crippen LogP contribution in [-0.4, -0.2) is 29.4 Å². The van der Waals surface area contributed by atoms with Crippen molar-refractivity contribution < 1.29 is 14.0 Å². The van der Waals surface area contributed by atoms with Crippen molar-refractivity contribution in [3.63, 3.8) is 0 Å². The molecule has 0 bridgehead atoms. The number of pyridine rings is 1. The van der Waals surface area contributed by atoms with Crippen LogP contribution < -0.4 is 10.2 Å². The maximum absolute atomic E-state index is 6.42. The Morgan fingerprint density at radius 1 is 1.20 bits per heavy atom. The summed E-state index contributed by atoms with van der Waals surface area (Å²) in [6.45, 7) is 8.05. The van der Waals surface area contributed by atoms with Gasteiger partial charge in [0.1, 0.15) is 0 Å². The van der Waals surface area contributed by atoms with Gasteiger partial charge in [0.2, 0.25) is 0 Å². The van der Waals surface area contributed by atoms with Crippen molar-refractivity contribution in [3.8, 4) is 5.75 Å². The highest BCUT2D eigenvalue weighted by molar-refractivity contribution is 6.65. The number of aromatic nitrogens is 1. The summed E-state index contributed by atoms with van der Waals surface area (Å²) >= 11 is 6.42. The zero-order chi connectivity index (χ0) is 14.5. The van der Waals surface area contributed by atoms with Gasteiger partial charge in [-0.15, -0.1) is 0 Å². The van der Waals surface area contributed by atoms with E-state index in [1.165, 1.54) is 0 Å². The highest BCUT2D eigenvalue weighted by atomic mass is 35.5. The molecule has 2 heterocycles. The second kappa shape index (κ2) is 4.62. The van der Waals surface area contributed by atoms with E-state index < -0.39 is 18.3 Å². The normalized spacial score (nSPS) is 23.9. The summed E-state index contributed by atoms with van der Waals surface area (Å²) in [4.78, 5) is 4.20. The molecule has 0 aromatic carbocycles. The van der Waals surface area contributed by atoms with E-state index in [1.54, 1.807) is 12.4 Å². The van der Waals surface area contributed by atoms with Crippen molar-refractivity contribution in [2.45, 2.75) is 57.8 Å². The van der Waals surface area contributed by atoms with Gasteiger partial charge in [0, 0.05) is 11.7 Å². The Morgan fingerprint density at radius 3 is 2.35 bits per heavy atom. The van der Waals surface area contributed by atoms with Crippen molar-refractivity contribution in [3.05, 3.63) is 17.4 Å². The molecule has 1 saturated heterocycles. The molecule has 1 aromatic heterocycles. The van der Waals surface area contributed by atoms with Gasteiger partial charge in [0.05, 0.1) is 28.5 Å². The first-order chi connectivity index (χ1) is 9.30. The van der Waals surface area contributed by atoms with Crippen LogP contribution in [0, 0.1) is 0 Å². The van der Waals surface area contributed by atoms with Crippen molar-refractivity contribution in [1.82, 2.24) is 4.98 Å². The van der Waals surface area contributed by atoms with E-state index in [1.807, 2.05) is 27.7 Å². The fraction of sp³-hybridized carbons (Fsp3) is 0.643. The average Bonchev–Trinajstić information content (AvgIpc) is 3.10. The lowest BCUT2D eigenvalue weighted by Gasteiger charge is -2.32. The molecule has 20 heavy (non-hydrogen) atoms. The number of halogens is 1. The Morgan fingerprint density at radius 2 is 1.80 bits per heavy atom. The minimum absolute atomic E-state index is 0.280. The molecule has 0 N–H and O–H groups in total. The van der Waals surface area contributed by atoms with Crippen molar-refractivity contribution in [2.75, 3.05) is 0 Å². The van der Waals surface area contributed by atoms with Crippen molar-refractivity contribution >= 4 is 24.2 Å². The lowest BCUT2D eigenvalue weighted by Crippen LogP contribution is -2.41. The Labute approximate surface area is 124 Å². The number of nitrogens with zero attached hydrogens (tertiary/aromatic N) is 1. The van der Waals surface area contributed by atoms with Crippen LogP contribution >= 0.6 is 11.6 Å². The van der Waals surface area contributed by atoms with Crippen LogP contribution in [0.4, 0.5) is 0 Å². The van der Waals surface area contributed by atoms with Crippen LogP contribution in [0.15, 0.2) is 12.4 Å². The summed E-state index contributed by atoms with van der Waals surface area (Å²) in [6, 6.07) is 0. The molecule has 0 radical (unpaired) electrons. The van der Waals surface area contributed by atoms with Crippen LogP contribution in [-0.2, 0) is 9.31 Å². The molecule has 0 unspecified atom stereocenters. The molecule has 0 amide bonds. The van der Waals surface area contributed by atoms with E-state index >= 15 is 0 Å². The second-order valence-electron chi connectivity index (χ2n) is 6.45. The monoisotopic (exact) mass is 295 g/mol. The fourth-order valence-electron chi connectivity index (χ4n) is 2.02. The summed E-state index contributed by atoms with van der Waals surface area (Å²) in [5.41, 5.74) is -0.0636. The predicted octanol–water partition coefficient (Wildman–Crippen LogP) is 2.58. The number of ether oxygens (including phenoxy) is 1. The van der Waals surface area contributed by atoms with Gasteiger partial charge in [0.15, 0.2) is 5.75 Å². The van der Waals surface area contributed by atoms with Crippen molar-refractivity contribution in [2.24, 2.45) is 0 Å². The van der Waals surface area contributed by atoms with Crippen LogP contribution in [0.5, 0.6) is 5.75 Å². The molecule has 1 aliphatic heterocycles. The zero-order valence-corrected chi connectivity index (χ0v) is 13.0. The first kappa shape index (κ1) is 14.2. The third-order valence-corrected chi connectivity index (χ3v) is 4.60. The molecular weight excluding hydrogens is 276 g/mol. The number of rotatable bonds is 3. The number of hydrogen-bond acceptors (Lipinski definition) is 4. The molecule has 0 spiro atoms. The Kier molecular flexibility index (Phi) is 3.27. The van der Waals surface area contributed by atoms with E-state index in [9.17, 15) is 0 Å². The molecule has 3 rings (SSSR count). The average molecular weight is 296 g/mol. The molecule has 6 heteroatoms. The lowest BCUT2D eigenvalue weighted by atomic mass is 9.80. The summed E-state index contributed by atoms with van der Waals surface area (Å²) in [6.07, 6.45) is 5.77. The van der Waals surface area contributed by atoms with Gasteiger partial charge in [0.25, 0.3) is 0 Å². The Hall–Kier alpha value is -0.775. The maximum atomic E-state index is 6.42. The van der Waals surface area contributed by atoms with Crippen LogP contribution in [0.25, 0.3) is 0 Å². The molecule has 2 aliphatic rings. The second-order valence-corrected chi connectivity index (χ2v) is 6.82. The molecule has 1 saturated carbocycles. The van der Waals surface area contributed by atoms with Gasteiger partial charge < -0.3 is 14.0 Å². The molecule has 0 atom stereocenters. The minimum Gasteiger partial charge on any atom is -0.487 e. The van der Waals surface area contributed by atoms with Gasteiger partial charge in [-0.3, -0.25) is 4.98 Å². The number of hydrogen-bond donors (Lipinski definition) is 0. The predicted molar refractivity (Wildman–Crippen MR) is 78.6 cm³/mol. The van der Waals surface area contributed by atoms with Crippen LogP contribution in [0.2, 0.25) is 5.02 Å². The lowest BCUT2D eigenvalue weighted by molar-refractivity contribution is 0.00578. The standard InChI is InChI=1S/C14H19BClNO3/c1-13(2)14(3,4)20-15(19-13)10-7-17-8-11(12(10)16)18-9-5-6-9/h7-9H,5-6H2,1-4H3. The SMILES string of the molecule is CC1(C)OB(c2cncc(OC3CC3)c2Cl)OC1(C)C.